The van der Waals surface area contributed by atoms with E-state index in [4.69, 9.17) is 28.9 Å². The number of aryl methyl sites for hydroxylation is 3. The summed E-state index contributed by atoms with van der Waals surface area (Å²) in [6, 6.07) is 7.72. The number of hydrogen-bond acceptors (Lipinski definition) is 10. The molecule has 0 aromatic carbocycles. The Morgan fingerprint density at radius 3 is 2.02 bits per heavy atom. The Morgan fingerprint density at radius 2 is 1.37 bits per heavy atom. The molecule has 0 radical (unpaired) electrons. The third-order valence-corrected chi connectivity index (χ3v) is 10.8. The molecule has 6 rings (SSSR count). The van der Waals surface area contributed by atoms with Crippen LogP contribution in [0.15, 0.2) is 48.1 Å². The first-order chi connectivity index (χ1) is 25.8. The molecule has 2 aliphatic heterocycles. The van der Waals surface area contributed by atoms with E-state index in [2.05, 4.69) is 16.5 Å². The summed E-state index contributed by atoms with van der Waals surface area (Å²) in [5, 5.41) is 0. The van der Waals surface area contributed by atoms with E-state index in [-0.39, 0.29) is 42.3 Å². The van der Waals surface area contributed by atoms with Crippen molar-refractivity contribution < 1.29 is 38.1 Å². The highest BCUT2D eigenvalue weighted by molar-refractivity contribution is 6.07. The van der Waals surface area contributed by atoms with Crippen LogP contribution in [0.25, 0.3) is 44.9 Å². The normalized spacial score (nSPS) is 16.4. The molecule has 1 atom stereocenters. The molecule has 8 bridgehead atoms. The molecule has 54 heavy (non-hydrogen) atoms. The Labute approximate surface area is 313 Å². The SMILES string of the molecule is C=Cc1c(C)c2cc3nc(cc4[nH]c(cc5nc(cc1[nH]2)C(C)=C5CCC(=O)OC)c(CCC(=O)OC)c4C)[C@@]1(C)C3=CCC(C(=O)OC)=C1C(=O)OC. The van der Waals surface area contributed by atoms with Crippen LogP contribution in [-0.2, 0) is 50.0 Å². The minimum Gasteiger partial charge on any atom is -0.469 e. The Morgan fingerprint density at radius 1 is 0.759 bits per heavy atom. The van der Waals surface area contributed by atoms with Gasteiger partial charge in [0, 0.05) is 40.5 Å². The molecule has 12 heteroatoms. The van der Waals surface area contributed by atoms with Gasteiger partial charge in [-0.1, -0.05) is 18.7 Å². The zero-order valence-electron chi connectivity index (χ0n) is 31.9. The van der Waals surface area contributed by atoms with Gasteiger partial charge >= 0.3 is 23.9 Å². The summed E-state index contributed by atoms with van der Waals surface area (Å²) in [5.74, 6) is -1.98. The predicted octanol–water partition coefficient (Wildman–Crippen LogP) is 6.95. The van der Waals surface area contributed by atoms with Crippen LogP contribution in [0, 0.1) is 13.8 Å². The van der Waals surface area contributed by atoms with Gasteiger partial charge in [0.1, 0.15) is 0 Å². The summed E-state index contributed by atoms with van der Waals surface area (Å²) in [6.45, 7) is 11.9. The molecule has 0 spiro atoms. The van der Waals surface area contributed by atoms with Crippen molar-refractivity contribution in [2.45, 2.75) is 65.2 Å². The molecule has 3 aliphatic rings. The lowest BCUT2D eigenvalue weighted by Crippen LogP contribution is -2.34. The number of methoxy groups -OCH3 is 4. The number of aromatic nitrogens is 4. The van der Waals surface area contributed by atoms with E-state index in [1.165, 1.54) is 28.4 Å². The van der Waals surface area contributed by atoms with E-state index in [0.29, 0.717) is 41.0 Å². The molecule has 0 amide bonds. The average molecular weight is 733 g/mol. The van der Waals surface area contributed by atoms with Crippen LogP contribution in [-0.4, -0.2) is 72.3 Å². The first-order valence-electron chi connectivity index (χ1n) is 17.6. The molecule has 280 valence electrons. The van der Waals surface area contributed by atoms with Gasteiger partial charge in [-0.2, -0.15) is 0 Å². The Bertz CT molecular complexity index is 2410. The van der Waals surface area contributed by atoms with E-state index in [1.807, 2.05) is 58.0 Å². The topological polar surface area (TPSA) is 163 Å². The molecule has 0 saturated carbocycles. The Kier molecular flexibility index (Phi) is 10.3. The second-order valence-electron chi connectivity index (χ2n) is 13.6. The van der Waals surface area contributed by atoms with Crippen molar-refractivity contribution >= 4 is 68.7 Å². The summed E-state index contributed by atoms with van der Waals surface area (Å²) < 4.78 is 20.4. The van der Waals surface area contributed by atoms with Crippen LogP contribution in [0.4, 0.5) is 0 Å². The number of carbonyl (C=O) groups is 4. The highest BCUT2D eigenvalue weighted by Gasteiger charge is 2.49. The first-order valence-corrected chi connectivity index (χ1v) is 17.6. The predicted molar refractivity (Wildman–Crippen MR) is 206 cm³/mol. The molecular formula is C42H44N4O8. The third-order valence-electron chi connectivity index (χ3n) is 10.8. The van der Waals surface area contributed by atoms with E-state index in [1.54, 1.807) is 6.08 Å². The van der Waals surface area contributed by atoms with E-state index in [9.17, 15) is 19.2 Å². The lowest BCUT2D eigenvalue weighted by Gasteiger charge is -2.32. The zero-order chi connectivity index (χ0) is 39.1. The van der Waals surface area contributed by atoms with Crippen molar-refractivity contribution in [3.63, 3.8) is 0 Å². The number of nitrogens with one attached hydrogen (secondary N) is 2. The summed E-state index contributed by atoms with van der Waals surface area (Å²) in [5.41, 5.74) is 10.6. The lowest BCUT2D eigenvalue weighted by atomic mass is 9.68. The fraction of sp³-hybridized carbons (Fsp3) is 0.333. The molecule has 5 heterocycles. The van der Waals surface area contributed by atoms with Crippen molar-refractivity contribution in [1.82, 2.24) is 19.9 Å². The maximum Gasteiger partial charge on any atom is 0.335 e. The molecule has 3 aromatic rings. The smallest absolute Gasteiger partial charge is 0.335 e. The van der Waals surface area contributed by atoms with Gasteiger partial charge in [-0.15, -0.1) is 0 Å². The number of nitrogens with zero attached hydrogens (tertiary/aromatic N) is 2. The van der Waals surface area contributed by atoms with Gasteiger partial charge in [0.15, 0.2) is 0 Å². The van der Waals surface area contributed by atoms with Crippen LogP contribution in [0.2, 0.25) is 0 Å². The first kappa shape index (κ1) is 37.7. The number of esters is 4. The highest BCUT2D eigenvalue weighted by atomic mass is 16.5. The number of H-pyrrole nitrogens is 2. The fourth-order valence-corrected chi connectivity index (χ4v) is 7.75. The Balaban J connectivity index is 1.77. The lowest BCUT2D eigenvalue weighted by molar-refractivity contribution is -0.141. The van der Waals surface area contributed by atoms with Crippen molar-refractivity contribution in [1.29, 1.82) is 0 Å². The second-order valence-corrected chi connectivity index (χ2v) is 13.6. The van der Waals surface area contributed by atoms with Crippen molar-refractivity contribution in [3.05, 3.63) is 93.1 Å². The van der Waals surface area contributed by atoms with Gasteiger partial charge in [-0.25, -0.2) is 14.6 Å². The Hall–Kier alpha value is -6.04. The van der Waals surface area contributed by atoms with Crippen LogP contribution >= 0.6 is 0 Å². The summed E-state index contributed by atoms with van der Waals surface area (Å²) in [7, 11) is 5.28. The largest absolute Gasteiger partial charge is 0.469 e. The number of rotatable bonds is 9. The van der Waals surface area contributed by atoms with Gasteiger partial charge in [0.2, 0.25) is 0 Å². The number of allylic oxidation sites excluding steroid dienone is 4. The third kappa shape index (κ3) is 6.35. The van der Waals surface area contributed by atoms with Crippen LogP contribution < -0.4 is 0 Å². The van der Waals surface area contributed by atoms with Gasteiger partial charge in [0.25, 0.3) is 0 Å². The highest BCUT2D eigenvalue weighted by Crippen LogP contribution is 2.51. The molecule has 2 N–H and O–H groups in total. The molecule has 0 fully saturated rings. The van der Waals surface area contributed by atoms with E-state index < -0.39 is 17.4 Å². The molecule has 1 aliphatic carbocycles. The van der Waals surface area contributed by atoms with Crippen LogP contribution in [0.3, 0.4) is 0 Å². The number of ether oxygens (including phenoxy) is 4. The van der Waals surface area contributed by atoms with E-state index >= 15 is 0 Å². The summed E-state index contributed by atoms with van der Waals surface area (Å²) in [4.78, 5) is 69.0. The molecule has 0 saturated heterocycles. The fourth-order valence-electron chi connectivity index (χ4n) is 7.75. The van der Waals surface area contributed by atoms with Crippen LogP contribution in [0.1, 0.15) is 84.6 Å². The standard InChI is InChI=1S/C42H44N4O8/c1-10-24-21(2)30-18-35-28-14-11-27(40(49)53-8)39(41(50)54-9)42(28,5)36(46-35)20-31-23(4)26(13-16-38(48)52-7)34(45-31)19-33-25(12-15-37(47)51-6)22(3)29(44-33)17-32(24)43-30/h10,14,17-20,43,45H,1,11-13,15-16H2,2-9H3/t42-/m1/s1. The number of hydrogen-bond donors (Lipinski definition) is 2. The molecule has 12 nitrogen and oxygen atoms in total. The number of fused-ring (bicyclic) bond motifs is 11. The van der Waals surface area contributed by atoms with E-state index in [0.717, 1.165) is 55.7 Å². The summed E-state index contributed by atoms with van der Waals surface area (Å²) >= 11 is 0. The molecule has 3 aromatic heterocycles. The van der Waals surface area contributed by atoms with Gasteiger partial charge in [0.05, 0.1) is 67.8 Å². The monoisotopic (exact) mass is 732 g/mol. The second kappa shape index (κ2) is 14.8. The minimum atomic E-state index is -1.21. The van der Waals surface area contributed by atoms with Crippen molar-refractivity contribution in [2.75, 3.05) is 28.4 Å². The minimum absolute atomic E-state index is 0.131. The number of aromatic amines is 2. The van der Waals surface area contributed by atoms with Crippen molar-refractivity contribution in [3.8, 4) is 0 Å². The van der Waals surface area contributed by atoms with Gasteiger partial charge in [-0.3, -0.25) is 14.6 Å². The molecular weight excluding hydrogens is 688 g/mol. The van der Waals surface area contributed by atoms with Crippen LogP contribution in [0.5, 0.6) is 0 Å². The van der Waals surface area contributed by atoms with Crippen molar-refractivity contribution in [2.24, 2.45) is 0 Å². The molecule has 0 unspecified atom stereocenters. The van der Waals surface area contributed by atoms with Gasteiger partial charge < -0.3 is 28.9 Å². The average Bonchev–Trinajstić information content (AvgIpc) is 3.82. The maximum atomic E-state index is 13.7. The van der Waals surface area contributed by atoms with Gasteiger partial charge in [-0.05, 0) is 105 Å². The number of carbonyl (C=O) groups excluding carboxylic acids is 4. The quantitative estimate of drug-likeness (QED) is 0.174. The summed E-state index contributed by atoms with van der Waals surface area (Å²) in [6.07, 6.45) is 4.89. The zero-order valence-corrected chi connectivity index (χ0v) is 31.9. The maximum absolute atomic E-state index is 13.7.